The van der Waals surface area contributed by atoms with Crippen molar-refractivity contribution in [1.82, 2.24) is 9.80 Å². The number of likely N-dealkylation sites (N-methyl/N-ethyl adjacent to an activating group) is 1. The molecule has 1 fully saturated rings. The van der Waals surface area contributed by atoms with Crippen molar-refractivity contribution in [3.63, 3.8) is 0 Å². The third-order valence-corrected chi connectivity index (χ3v) is 7.30. The van der Waals surface area contributed by atoms with Gasteiger partial charge in [-0.1, -0.05) is 6.07 Å². The molecule has 2 aliphatic rings. The quantitative estimate of drug-likeness (QED) is 0.359. The monoisotopic (exact) mass is 567 g/mol. The minimum absolute atomic E-state index is 0.00836. The van der Waals surface area contributed by atoms with Gasteiger partial charge in [0.15, 0.2) is 5.78 Å². The molecule has 12 heteroatoms. The molecule has 1 aliphatic carbocycles. The molecule has 3 amide bonds. The van der Waals surface area contributed by atoms with Gasteiger partial charge in [-0.2, -0.15) is 13.2 Å². The first-order valence-electron chi connectivity index (χ1n) is 13.3. The Hall–Kier alpha value is -3.44. The first-order chi connectivity index (χ1) is 18.5. The summed E-state index contributed by atoms with van der Waals surface area (Å²) in [7, 11) is 1.44. The highest BCUT2D eigenvalue weighted by atomic mass is 19.4. The van der Waals surface area contributed by atoms with E-state index in [1.807, 2.05) is 0 Å². The van der Waals surface area contributed by atoms with Gasteiger partial charge in [-0.05, 0) is 70.6 Å². The third kappa shape index (κ3) is 7.60. The summed E-state index contributed by atoms with van der Waals surface area (Å²) in [6, 6.07) is 3.39. The van der Waals surface area contributed by atoms with E-state index >= 15 is 0 Å². The van der Waals surface area contributed by atoms with Gasteiger partial charge in [0.2, 0.25) is 11.8 Å². The van der Waals surface area contributed by atoms with Crippen molar-refractivity contribution >= 4 is 29.5 Å². The van der Waals surface area contributed by atoms with Gasteiger partial charge in [0.25, 0.3) is 5.91 Å². The van der Waals surface area contributed by atoms with E-state index in [9.17, 15) is 37.1 Å². The molecule has 1 atom stereocenters. The topological polar surface area (TPSA) is 127 Å². The van der Waals surface area contributed by atoms with E-state index in [1.54, 1.807) is 20.8 Å². The molecule has 220 valence electrons. The summed E-state index contributed by atoms with van der Waals surface area (Å²) in [5.74, 6) is -4.48. The van der Waals surface area contributed by atoms with Crippen LogP contribution in [0.25, 0.3) is 0 Å². The fraction of sp³-hybridized carbons (Fsp3) is 0.607. The van der Waals surface area contributed by atoms with Crippen LogP contribution in [0.15, 0.2) is 18.2 Å². The number of nitrogens with two attached hydrogens (primary N) is 1. The Morgan fingerprint density at radius 3 is 2.27 bits per heavy atom. The molecular weight excluding hydrogens is 531 g/mol. The van der Waals surface area contributed by atoms with Gasteiger partial charge in [0.1, 0.15) is 11.6 Å². The maximum atomic E-state index is 13.0. The summed E-state index contributed by atoms with van der Waals surface area (Å²) in [4.78, 5) is 65.5. The number of halogens is 3. The van der Waals surface area contributed by atoms with Crippen molar-refractivity contribution < 1.29 is 41.9 Å². The van der Waals surface area contributed by atoms with Crippen LogP contribution in [0.2, 0.25) is 0 Å². The standard InChI is InChI=1S/C28H36F3N3O6/c1-27(2,3)40-23(36)12-11-21(24(32)37)34-14-18-13-17(7-10-20(18)26(34)39)22(35)15-33(4)25(38)16-5-8-19(9-6-16)28(29,30)31/h7,10,13,16,19,21H,5-6,8-9,11-12,14-15H2,1-4H3,(H2,32,37). The van der Waals surface area contributed by atoms with Gasteiger partial charge >= 0.3 is 12.1 Å². The number of carbonyl (C=O) groups is 5. The zero-order chi connectivity index (χ0) is 30.0. The number of primary amides is 1. The number of ether oxygens (including phenoxy) is 1. The second-order valence-corrected chi connectivity index (χ2v) is 11.6. The number of ketones is 1. The second kappa shape index (κ2) is 12.0. The van der Waals surface area contributed by atoms with E-state index < -0.39 is 53.2 Å². The van der Waals surface area contributed by atoms with E-state index in [2.05, 4.69) is 0 Å². The molecule has 1 unspecified atom stereocenters. The molecule has 1 aromatic carbocycles. The minimum atomic E-state index is -4.27. The Morgan fingerprint density at radius 1 is 1.10 bits per heavy atom. The highest BCUT2D eigenvalue weighted by Gasteiger charge is 2.43. The van der Waals surface area contributed by atoms with Crippen molar-refractivity contribution in [2.24, 2.45) is 17.6 Å². The number of rotatable bonds is 9. The molecule has 1 aliphatic heterocycles. The zero-order valence-electron chi connectivity index (χ0n) is 23.2. The molecule has 40 heavy (non-hydrogen) atoms. The molecule has 0 spiro atoms. The third-order valence-electron chi connectivity index (χ3n) is 7.30. The normalized spacial score (nSPS) is 20.1. The average molecular weight is 568 g/mol. The molecule has 0 radical (unpaired) electrons. The Labute approximate surface area is 231 Å². The van der Waals surface area contributed by atoms with Crippen molar-refractivity contribution in [1.29, 1.82) is 0 Å². The smallest absolute Gasteiger partial charge is 0.391 e. The van der Waals surface area contributed by atoms with E-state index in [1.165, 1.54) is 35.0 Å². The number of fused-ring (bicyclic) bond motifs is 1. The second-order valence-electron chi connectivity index (χ2n) is 11.6. The van der Waals surface area contributed by atoms with E-state index in [4.69, 9.17) is 10.5 Å². The Bertz CT molecular complexity index is 1170. The lowest BCUT2D eigenvalue weighted by molar-refractivity contribution is -0.185. The van der Waals surface area contributed by atoms with Crippen LogP contribution in [0.3, 0.4) is 0 Å². The number of Topliss-reactive ketones (excluding diaryl/α,β-unsaturated/α-hetero) is 1. The van der Waals surface area contributed by atoms with Gasteiger partial charge in [0.05, 0.1) is 12.5 Å². The molecule has 9 nitrogen and oxygen atoms in total. The summed E-state index contributed by atoms with van der Waals surface area (Å²) < 4.78 is 44.1. The SMILES string of the molecule is CN(CC(=O)c1ccc2c(c1)CN(C(CCC(=O)OC(C)(C)C)C(N)=O)C2=O)C(=O)C1CCC(C(F)(F)F)CC1. The number of esters is 1. The molecule has 0 bridgehead atoms. The van der Waals surface area contributed by atoms with Gasteiger partial charge in [-0.15, -0.1) is 0 Å². The fourth-order valence-corrected chi connectivity index (χ4v) is 5.23. The van der Waals surface area contributed by atoms with Crippen LogP contribution >= 0.6 is 0 Å². The summed E-state index contributed by atoms with van der Waals surface area (Å²) in [5, 5.41) is 0. The van der Waals surface area contributed by atoms with Crippen LogP contribution in [0.4, 0.5) is 13.2 Å². The Morgan fingerprint density at radius 2 is 1.73 bits per heavy atom. The molecule has 1 saturated carbocycles. The molecule has 1 aromatic rings. The lowest BCUT2D eigenvalue weighted by atomic mass is 9.81. The molecule has 1 heterocycles. The van der Waals surface area contributed by atoms with E-state index in [-0.39, 0.29) is 63.1 Å². The van der Waals surface area contributed by atoms with E-state index in [0.717, 1.165) is 0 Å². The predicted molar refractivity (Wildman–Crippen MR) is 138 cm³/mol. The van der Waals surface area contributed by atoms with E-state index in [0.29, 0.717) is 11.1 Å². The van der Waals surface area contributed by atoms with Crippen molar-refractivity contribution in [2.45, 2.75) is 83.7 Å². The number of alkyl halides is 3. The summed E-state index contributed by atoms with van der Waals surface area (Å²) >= 11 is 0. The molecular formula is C28H36F3N3O6. The van der Waals surface area contributed by atoms with Crippen LogP contribution in [-0.4, -0.2) is 70.7 Å². The van der Waals surface area contributed by atoms with Crippen molar-refractivity contribution in [3.05, 3.63) is 34.9 Å². The number of amides is 3. The van der Waals surface area contributed by atoms with Gasteiger partial charge in [0, 0.05) is 37.1 Å². The van der Waals surface area contributed by atoms with Crippen LogP contribution in [-0.2, 0) is 25.7 Å². The lowest BCUT2D eigenvalue weighted by Gasteiger charge is -2.31. The maximum Gasteiger partial charge on any atom is 0.391 e. The Kier molecular flexibility index (Phi) is 9.31. The summed E-state index contributed by atoms with van der Waals surface area (Å²) in [6.07, 6.45) is -4.39. The highest BCUT2D eigenvalue weighted by Crippen LogP contribution is 2.40. The van der Waals surface area contributed by atoms with Gasteiger partial charge in [-0.3, -0.25) is 24.0 Å². The molecule has 2 N–H and O–H groups in total. The van der Waals surface area contributed by atoms with Crippen molar-refractivity contribution in [3.8, 4) is 0 Å². The van der Waals surface area contributed by atoms with Gasteiger partial charge < -0.3 is 20.3 Å². The molecule has 0 aromatic heterocycles. The average Bonchev–Trinajstić information content (AvgIpc) is 3.17. The largest absolute Gasteiger partial charge is 0.460 e. The number of hydrogen-bond donors (Lipinski definition) is 1. The first kappa shape index (κ1) is 31.1. The van der Waals surface area contributed by atoms with Crippen molar-refractivity contribution in [2.75, 3.05) is 13.6 Å². The van der Waals surface area contributed by atoms with Crippen LogP contribution < -0.4 is 5.73 Å². The fourth-order valence-electron chi connectivity index (χ4n) is 5.23. The highest BCUT2D eigenvalue weighted by molar-refractivity contribution is 6.04. The van der Waals surface area contributed by atoms with Gasteiger partial charge in [-0.25, -0.2) is 0 Å². The predicted octanol–water partition coefficient (Wildman–Crippen LogP) is 3.63. The van der Waals surface area contributed by atoms with Crippen LogP contribution in [0.1, 0.15) is 85.6 Å². The number of hydrogen-bond acceptors (Lipinski definition) is 6. The number of carbonyl (C=O) groups excluding carboxylic acids is 5. The zero-order valence-corrected chi connectivity index (χ0v) is 23.2. The first-order valence-corrected chi connectivity index (χ1v) is 13.3. The molecule has 0 saturated heterocycles. The maximum absolute atomic E-state index is 13.0. The number of benzene rings is 1. The molecule has 3 rings (SSSR count). The lowest BCUT2D eigenvalue weighted by Crippen LogP contribution is -2.45. The minimum Gasteiger partial charge on any atom is -0.460 e. The summed E-state index contributed by atoms with van der Waals surface area (Å²) in [6.45, 7) is 4.88. The summed E-state index contributed by atoms with van der Waals surface area (Å²) in [5.41, 5.74) is 5.89. The Balaban J connectivity index is 1.62. The number of nitrogens with zero attached hydrogens (tertiary/aromatic N) is 2. The van der Waals surface area contributed by atoms with Crippen LogP contribution in [0.5, 0.6) is 0 Å². The van der Waals surface area contributed by atoms with Crippen LogP contribution in [0, 0.1) is 11.8 Å².